The van der Waals surface area contributed by atoms with Crippen molar-refractivity contribution in [3.63, 3.8) is 0 Å². The molecular formula is C18H28N2O. The number of amides is 1. The highest BCUT2D eigenvalue weighted by Gasteiger charge is 2.28. The molecule has 1 aromatic carbocycles. The maximum Gasteiger partial charge on any atom is 0.223 e. The molecule has 1 aromatic rings. The molecule has 0 heterocycles. The third-order valence-corrected chi connectivity index (χ3v) is 4.48. The average Bonchev–Trinajstić information content (AvgIpc) is 2.84. The topological polar surface area (TPSA) is 55.1 Å². The molecule has 0 aromatic heterocycles. The fraction of sp³-hybridized carbons (Fsp3) is 0.611. The van der Waals surface area contributed by atoms with Crippen LogP contribution in [0.5, 0.6) is 0 Å². The molecule has 1 aliphatic rings. The Kier molecular flexibility index (Phi) is 4.72. The Balaban J connectivity index is 1.97. The van der Waals surface area contributed by atoms with E-state index in [9.17, 15) is 4.79 Å². The van der Waals surface area contributed by atoms with Gasteiger partial charge in [0, 0.05) is 12.0 Å². The van der Waals surface area contributed by atoms with Gasteiger partial charge < -0.3 is 11.1 Å². The predicted octanol–water partition coefficient (Wildman–Crippen LogP) is 3.29. The Labute approximate surface area is 128 Å². The Hall–Kier alpha value is -1.35. The van der Waals surface area contributed by atoms with E-state index in [1.807, 2.05) is 6.92 Å². The molecule has 0 spiro atoms. The number of carbonyl (C=O) groups excluding carboxylic acids is 1. The maximum absolute atomic E-state index is 12.2. The first kappa shape index (κ1) is 16.0. The zero-order chi connectivity index (χ0) is 15.6. The second-order valence-electron chi connectivity index (χ2n) is 7.37. The Morgan fingerprint density at radius 1 is 1.24 bits per heavy atom. The summed E-state index contributed by atoms with van der Waals surface area (Å²) >= 11 is 0. The number of hydrogen-bond acceptors (Lipinski definition) is 2. The zero-order valence-electron chi connectivity index (χ0n) is 13.6. The van der Waals surface area contributed by atoms with E-state index in [1.54, 1.807) is 0 Å². The van der Waals surface area contributed by atoms with E-state index < -0.39 is 0 Å². The third-order valence-electron chi connectivity index (χ3n) is 4.48. The zero-order valence-corrected chi connectivity index (χ0v) is 13.6. The number of hydrogen-bond donors (Lipinski definition) is 2. The van der Waals surface area contributed by atoms with Gasteiger partial charge in [-0.2, -0.15) is 0 Å². The number of carbonyl (C=O) groups is 1. The van der Waals surface area contributed by atoms with Crippen LogP contribution in [0, 0.1) is 5.92 Å². The fourth-order valence-electron chi connectivity index (χ4n) is 2.94. The molecule has 1 aliphatic carbocycles. The summed E-state index contributed by atoms with van der Waals surface area (Å²) in [5.41, 5.74) is 8.50. The molecule has 0 saturated heterocycles. The van der Waals surface area contributed by atoms with E-state index >= 15 is 0 Å². The first-order chi connectivity index (χ1) is 9.77. The van der Waals surface area contributed by atoms with Gasteiger partial charge in [0.15, 0.2) is 0 Å². The number of benzene rings is 1. The summed E-state index contributed by atoms with van der Waals surface area (Å²) in [5, 5.41) is 3.12. The van der Waals surface area contributed by atoms with Crippen molar-refractivity contribution in [1.82, 2.24) is 5.32 Å². The Bertz CT molecular complexity index is 487. The lowest BCUT2D eigenvalue weighted by Crippen LogP contribution is -2.32. The highest BCUT2D eigenvalue weighted by atomic mass is 16.1. The minimum Gasteiger partial charge on any atom is -0.349 e. The number of nitrogens with two attached hydrogens (primary N) is 1. The van der Waals surface area contributed by atoms with E-state index in [-0.39, 0.29) is 29.3 Å². The second-order valence-corrected chi connectivity index (χ2v) is 7.37. The normalized spacial score (nSPS) is 23.9. The Morgan fingerprint density at radius 3 is 2.33 bits per heavy atom. The van der Waals surface area contributed by atoms with Gasteiger partial charge in [0.2, 0.25) is 5.91 Å². The molecule has 21 heavy (non-hydrogen) atoms. The summed E-state index contributed by atoms with van der Waals surface area (Å²) in [6, 6.07) is 8.79. The van der Waals surface area contributed by atoms with Gasteiger partial charge >= 0.3 is 0 Å². The van der Waals surface area contributed by atoms with Crippen molar-refractivity contribution < 1.29 is 4.79 Å². The minimum atomic E-state index is 0.0448. The maximum atomic E-state index is 12.2. The molecule has 3 atom stereocenters. The van der Waals surface area contributed by atoms with E-state index in [0.29, 0.717) is 0 Å². The van der Waals surface area contributed by atoms with E-state index in [2.05, 4.69) is 50.4 Å². The molecule has 3 nitrogen and oxygen atoms in total. The highest BCUT2D eigenvalue weighted by Crippen LogP contribution is 2.26. The van der Waals surface area contributed by atoms with Crippen LogP contribution in [-0.4, -0.2) is 11.9 Å². The highest BCUT2D eigenvalue weighted by molar-refractivity contribution is 5.79. The van der Waals surface area contributed by atoms with Gasteiger partial charge in [0.25, 0.3) is 0 Å². The third kappa shape index (κ3) is 4.07. The van der Waals surface area contributed by atoms with Crippen LogP contribution in [0.15, 0.2) is 24.3 Å². The van der Waals surface area contributed by atoms with E-state index in [4.69, 9.17) is 5.73 Å². The SMILES string of the molecule is CC(NC(=O)C1CCC(N)C1)c1ccc(C(C)(C)C)cc1. The van der Waals surface area contributed by atoms with Crippen LogP contribution in [0.3, 0.4) is 0 Å². The van der Waals surface area contributed by atoms with E-state index in [1.165, 1.54) is 5.56 Å². The molecule has 1 fully saturated rings. The van der Waals surface area contributed by atoms with Gasteiger partial charge in [-0.3, -0.25) is 4.79 Å². The minimum absolute atomic E-state index is 0.0448. The second kappa shape index (κ2) is 6.18. The van der Waals surface area contributed by atoms with E-state index in [0.717, 1.165) is 24.8 Å². The lowest BCUT2D eigenvalue weighted by atomic mass is 9.86. The summed E-state index contributed by atoms with van der Waals surface area (Å²) < 4.78 is 0. The molecule has 0 radical (unpaired) electrons. The quantitative estimate of drug-likeness (QED) is 0.896. The van der Waals surface area contributed by atoms with Gasteiger partial charge in [-0.25, -0.2) is 0 Å². The molecule has 1 amide bonds. The van der Waals surface area contributed by atoms with Crippen LogP contribution < -0.4 is 11.1 Å². The molecule has 3 unspecified atom stereocenters. The van der Waals surface area contributed by atoms with Crippen molar-refractivity contribution in [2.45, 2.75) is 64.5 Å². The molecule has 0 bridgehead atoms. The fourth-order valence-corrected chi connectivity index (χ4v) is 2.94. The van der Waals surface area contributed by atoms with Crippen LogP contribution >= 0.6 is 0 Å². The van der Waals surface area contributed by atoms with Crippen molar-refractivity contribution in [3.8, 4) is 0 Å². The largest absolute Gasteiger partial charge is 0.349 e. The van der Waals surface area contributed by atoms with Gasteiger partial charge in [-0.05, 0) is 42.7 Å². The van der Waals surface area contributed by atoms with Crippen molar-refractivity contribution >= 4 is 5.91 Å². The first-order valence-corrected chi connectivity index (χ1v) is 7.94. The summed E-state index contributed by atoms with van der Waals surface area (Å²) in [6.45, 7) is 8.66. The smallest absolute Gasteiger partial charge is 0.223 e. The van der Waals surface area contributed by atoms with Crippen LogP contribution in [0.2, 0.25) is 0 Å². The summed E-state index contributed by atoms with van der Waals surface area (Å²) in [4.78, 5) is 12.2. The average molecular weight is 288 g/mol. The van der Waals surface area contributed by atoms with Crippen LogP contribution in [0.4, 0.5) is 0 Å². The van der Waals surface area contributed by atoms with Gasteiger partial charge in [0.05, 0.1) is 6.04 Å². The standard InChI is InChI=1S/C18H28N2O/c1-12(20-17(21)14-7-10-16(19)11-14)13-5-8-15(9-6-13)18(2,3)4/h5-6,8-9,12,14,16H,7,10-11,19H2,1-4H3,(H,20,21). The van der Waals surface area contributed by atoms with Gasteiger partial charge in [0.1, 0.15) is 0 Å². The summed E-state index contributed by atoms with van der Waals surface area (Å²) in [5.74, 6) is 0.242. The van der Waals surface area contributed by atoms with Crippen LogP contribution in [0.1, 0.15) is 64.1 Å². The molecule has 2 rings (SSSR count). The molecule has 116 valence electrons. The summed E-state index contributed by atoms with van der Waals surface area (Å²) in [6.07, 6.45) is 2.71. The van der Waals surface area contributed by atoms with Crippen LogP contribution in [-0.2, 0) is 10.2 Å². The predicted molar refractivity (Wildman–Crippen MR) is 87.0 cm³/mol. The van der Waals surface area contributed by atoms with Crippen LogP contribution in [0.25, 0.3) is 0 Å². The van der Waals surface area contributed by atoms with Crippen molar-refractivity contribution in [1.29, 1.82) is 0 Å². The van der Waals surface area contributed by atoms with Crippen molar-refractivity contribution in [2.75, 3.05) is 0 Å². The number of nitrogens with one attached hydrogen (secondary N) is 1. The molecule has 3 N–H and O–H groups in total. The monoisotopic (exact) mass is 288 g/mol. The van der Waals surface area contributed by atoms with Gasteiger partial charge in [-0.15, -0.1) is 0 Å². The molecular weight excluding hydrogens is 260 g/mol. The van der Waals surface area contributed by atoms with Crippen molar-refractivity contribution in [3.05, 3.63) is 35.4 Å². The number of rotatable bonds is 3. The lowest BCUT2D eigenvalue weighted by molar-refractivity contribution is -0.125. The summed E-state index contributed by atoms with van der Waals surface area (Å²) in [7, 11) is 0. The Morgan fingerprint density at radius 2 is 1.86 bits per heavy atom. The van der Waals surface area contributed by atoms with Crippen molar-refractivity contribution in [2.24, 2.45) is 11.7 Å². The van der Waals surface area contributed by atoms with Gasteiger partial charge in [-0.1, -0.05) is 45.0 Å². The molecule has 1 saturated carbocycles. The molecule has 0 aliphatic heterocycles. The lowest BCUT2D eigenvalue weighted by Gasteiger charge is -2.21. The molecule has 3 heteroatoms. The first-order valence-electron chi connectivity index (χ1n) is 7.94.